The molecule has 0 aliphatic carbocycles. The highest BCUT2D eigenvalue weighted by Crippen LogP contribution is 2.28. The van der Waals surface area contributed by atoms with Crippen LogP contribution in [0.25, 0.3) is 0 Å². The van der Waals surface area contributed by atoms with Crippen molar-refractivity contribution in [2.24, 2.45) is 17.1 Å². The van der Waals surface area contributed by atoms with E-state index in [1.807, 2.05) is 0 Å². The highest BCUT2D eigenvalue weighted by molar-refractivity contribution is 5.80. The second-order valence-corrected chi connectivity index (χ2v) is 6.62. The van der Waals surface area contributed by atoms with Crippen LogP contribution in [-0.2, 0) is 9.59 Å². The summed E-state index contributed by atoms with van der Waals surface area (Å²) in [6, 6.07) is -0.154. The molecule has 1 saturated heterocycles. The summed E-state index contributed by atoms with van der Waals surface area (Å²) in [7, 11) is 0. The average Bonchev–Trinajstić information content (AvgIpc) is 2.70. The van der Waals surface area contributed by atoms with E-state index >= 15 is 0 Å². The van der Waals surface area contributed by atoms with Crippen LogP contribution in [0, 0.1) is 11.3 Å². The molecule has 0 spiro atoms. The van der Waals surface area contributed by atoms with Gasteiger partial charge in [-0.25, -0.2) is 0 Å². The lowest BCUT2D eigenvalue weighted by Crippen LogP contribution is -2.43. The average molecular weight is 270 g/mol. The molecule has 0 bridgehead atoms. The van der Waals surface area contributed by atoms with Crippen LogP contribution >= 0.6 is 0 Å². The van der Waals surface area contributed by atoms with Gasteiger partial charge in [-0.05, 0) is 24.7 Å². The number of aliphatic carboxylic acids is 1. The van der Waals surface area contributed by atoms with Gasteiger partial charge in [-0.3, -0.25) is 9.59 Å². The first-order valence-electron chi connectivity index (χ1n) is 6.97. The summed E-state index contributed by atoms with van der Waals surface area (Å²) in [4.78, 5) is 25.1. The Balaban J connectivity index is 2.70. The van der Waals surface area contributed by atoms with Gasteiger partial charge in [0.1, 0.15) is 0 Å². The zero-order valence-electron chi connectivity index (χ0n) is 12.2. The number of nitrogens with zero attached hydrogens (tertiary/aromatic N) is 1. The summed E-state index contributed by atoms with van der Waals surface area (Å²) in [5.41, 5.74) is 5.77. The lowest BCUT2D eigenvalue weighted by molar-refractivity contribution is -0.141. The molecule has 1 aliphatic rings. The molecule has 0 radical (unpaired) electrons. The fraction of sp³-hybridized carbons (Fsp3) is 0.857. The molecule has 0 aromatic rings. The number of carboxylic acid groups (broad SMARTS) is 1. The summed E-state index contributed by atoms with van der Waals surface area (Å²) >= 11 is 0. The summed E-state index contributed by atoms with van der Waals surface area (Å²) in [5, 5.41) is 8.89. The maximum Gasteiger partial charge on any atom is 0.305 e. The molecule has 2 unspecified atom stereocenters. The zero-order chi connectivity index (χ0) is 14.6. The lowest BCUT2D eigenvalue weighted by atomic mass is 9.84. The lowest BCUT2D eigenvalue weighted by Gasteiger charge is -2.31. The Morgan fingerprint density at radius 1 is 1.42 bits per heavy atom. The second-order valence-electron chi connectivity index (χ2n) is 6.62. The van der Waals surface area contributed by atoms with Crippen LogP contribution < -0.4 is 5.73 Å². The minimum atomic E-state index is -0.843. The normalized spacial score (nSPS) is 21.5. The molecule has 1 amide bonds. The third kappa shape index (κ3) is 4.82. The molecule has 0 aromatic heterocycles. The predicted octanol–water partition coefficient (Wildman–Crippen LogP) is 1.46. The third-order valence-corrected chi connectivity index (χ3v) is 3.56. The van der Waals surface area contributed by atoms with Crippen molar-refractivity contribution >= 4 is 11.9 Å². The standard InChI is InChI=1S/C14H26N2O3/c1-14(2,3)8-10(9-15)13(19)16-6-4-5-11(16)7-12(17)18/h10-11H,4-9,15H2,1-3H3,(H,17,18). The minimum Gasteiger partial charge on any atom is -0.481 e. The van der Waals surface area contributed by atoms with E-state index in [-0.39, 0.29) is 29.7 Å². The van der Waals surface area contributed by atoms with Gasteiger partial charge in [0.15, 0.2) is 0 Å². The highest BCUT2D eigenvalue weighted by Gasteiger charge is 2.35. The number of rotatable bonds is 5. The van der Waals surface area contributed by atoms with Gasteiger partial charge < -0.3 is 15.7 Å². The van der Waals surface area contributed by atoms with Crippen molar-refractivity contribution in [1.29, 1.82) is 0 Å². The fourth-order valence-corrected chi connectivity index (χ4v) is 2.78. The van der Waals surface area contributed by atoms with Gasteiger partial charge in [-0.15, -0.1) is 0 Å². The molecular weight excluding hydrogens is 244 g/mol. The van der Waals surface area contributed by atoms with Crippen molar-refractivity contribution in [2.45, 2.75) is 52.5 Å². The van der Waals surface area contributed by atoms with Crippen molar-refractivity contribution in [3.05, 3.63) is 0 Å². The Bertz CT molecular complexity index is 336. The van der Waals surface area contributed by atoms with Crippen molar-refractivity contribution in [2.75, 3.05) is 13.1 Å². The first-order valence-corrected chi connectivity index (χ1v) is 6.97. The van der Waals surface area contributed by atoms with Gasteiger partial charge in [0, 0.05) is 19.1 Å². The molecule has 2 atom stereocenters. The van der Waals surface area contributed by atoms with E-state index in [1.165, 1.54) is 0 Å². The van der Waals surface area contributed by atoms with Crippen LogP contribution in [-0.4, -0.2) is 41.0 Å². The van der Waals surface area contributed by atoms with Gasteiger partial charge in [0.25, 0.3) is 0 Å². The van der Waals surface area contributed by atoms with E-state index in [4.69, 9.17) is 10.8 Å². The number of likely N-dealkylation sites (tertiary alicyclic amines) is 1. The SMILES string of the molecule is CC(C)(C)CC(CN)C(=O)N1CCCC1CC(=O)O. The number of carboxylic acids is 1. The van der Waals surface area contributed by atoms with E-state index < -0.39 is 5.97 Å². The van der Waals surface area contributed by atoms with Gasteiger partial charge in [0.05, 0.1) is 12.3 Å². The largest absolute Gasteiger partial charge is 0.481 e. The first kappa shape index (κ1) is 16.0. The van der Waals surface area contributed by atoms with Crippen molar-refractivity contribution in [1.82, 2.24) is 4.90 Å². The number of nitrogens with two attached hydrogens (primary N) is 1. The summed E-state index contributed by atoms with van der Waals surface area (Å²) in [6.45, 7) is 7.24. The Labute approximate surface area is 115 Å². The number of hydrogen-bond donors (Lipinski definition) is 2. The molecule has 110 valence electrons. The van der Waals surface area contributed by atoms with Crippen molar-refractivity contribution in [3.63, 3.8) is 0 Å². The maximum absolute atomic E-state index is 12.5. The van der Waals surface area contributed by atoms with Crippen LogP contribution in [0.2, 0.25) is 0 Å². The summed E-state index contributed by atoms with van der Waals surface area (Å²) in [6.07, 6.45) is 2.44. The van der Waals surface area contributed by atoms with Gasteiger partial charge in [0.2, 0.25) is 5.91 Å². The molecule has 1 heterocycles. The topological polar surface area (TPSA) is 83.6 Å². The Morgan fingerprint density at radius 2 is 2.05 bits per heavy atom. The Kier molecular flexibility index (Phi) is 5.35. The summed E-state index contributed by atoms with van der Waals surface area (Å²) < 4.78 is 0. The smallest absolute Gasteiger partial charge is 0.305 e. The van der Waals surface area contributed by atoms with E-state index in [9.17, 15) is 9.59 Å². The maximum atomic E-state index is 12.5. The van der Waals surface area contributed by atoms with Crippen LogP contribution in [0.5, 0.6) is 0 Å². The van der Waals surface area contributed by atoms with Crippen molar-refractivity contribution < 1.29 is 14.7 Å². The van der Waals surface area contributed by atoms with Crippen molar-refractivity contribution in [3.8, 4) is 0 Å². The first-order chi connectivity index (χ1) is 8.74. The quantitative estimate of drug-likeness (QED) is 0.792. The number of carbonyl (C=O) groups is 2. The molecule has 1 aliphatic heterocycles. The second kappa shape index (κ2) is 6.37. The minimum absolute atomic E-state index is 0.0289. The highest BCUT2D eigenvalue weighted by atomic mass is 16.4. The monoisotopic (exact) mass is 270 g/mol. The molecule has 5 heteroatoms. The number of hydrogen-bond acceptors (Lipinski definition) is 3. The number of carbonyl (C=O) groups excluding carboxylic acids is 1. The fourth-order valence-electron chi connectivity index (χ4n) is 2.78. The van der Waals surface area contributed by atoms with Gasteiger partial charge >= 0.3 is 5.97 Å². The predicted molar refractivity (Wildman–Crippen MR) is 73.6 cm³/mol. The molecule has 0 aromatic carbocycles. The third-order valence-electron chi connectivity index (χ3n) is 3.56. The molecule has 1 fully saturated rings. The summed E-state index contributed by atoms with van der Waals surface area (Å²) in [5.74, 6) is -1.01. The van der Waals surface area contributed by atoms with Crippen LogP contribution in [0.3, 0.4) is 0 Å². The molecule has 19 heavy (non-hydrogen) atoms. The van der Waals surface area contributed by atoms with Crippen LogP contribution in [0.15, 0.2) is 0 Å². The molecule has 3 N–H and O–H groups in total. The van der Waals surface area contributed by atoms with E-state index in [1.54, 1.807) is 4.90 Å². The molecular formula is C14H26N2O3. The van der Waals surface area contributed by atoms with E-state index in [2.05, 4.69) is 20.8 Å². The zero-order valence-corrected chi connectivity index (χ0v) is 12.2. The van der Waals surface area contributed by atoms with E-state index in [0.29, 0.717) is 13.1 Å². The van der Waals surface area contributed by atoms with Crippen LogP contribution in [0.1, 0.15) is 46.5 Å². The molecule has 5 nitrogen and oxygen atoms in total. The molecule has 1 rings (SSSR count). The Hall–Kier alpha value is -1.10. The Morgan fingerprint density at radius 3 is 2.53 bits per heavy atom. The van der Waals surface area contributed by atoms with Crippen LogP contribution in [0.4, 0.5) is 0 Å². The van der Waals surface area contributed by atoms with E-state index in [0.717, 1.165) is 19.3 Å². The molecule has 0 saturated carbocycles. The van der Waals surface area contributed by atoms with Gasteiger partial charge in [-0.1, -0.05) is 20.8 Å². The van der Waals surface area contributed by atoms with Gasteiger partial charge in [-0.2, -0.15) is 0 Å². The number of amides is 1.